The number of nitrogens with one attached hydrogen (secondary N) is 1. The molecule has 130 valence electrons. The Morgan fingerprint density at radius 2 is 2.04 bits per heavy atom. The first-order chi connectivity index (χ1) is 10.8. The van der Waals surface area contributed by atoms with E-state index >= 15 is 0 Å². The number of hydrogen-bond donors (Lipinski definition) is 1. The van der Waals surface area contributed by atoms with Crippen molar-refractivity contribution in [2.45, 2.75) is 50.5 Å². The summed E-state index contributed by atoms with van der Waals surface area (Å²) in [6.07, 6.45) is 6.50. The van der Waals surface area contributed by atoms with Gasteiger partial charge in [0.2, 0.25) is 15.9 Å². The minimum absolute atomic E-state index is 0.0581. The normalized spacial score (nSPS) is 18.7. The van der Waals surface area contributed by atoms with E-state index in [2.05, 4.69) is 12.2 Å². The first-order valence-corrected chi connectivity index (χ1v) is 9.71. The summed E-state index contributed by atoms with van der Waals surface area (Å²) in [5.74, 6) is -0.0285. The predicted molar refractivity (Wildman–Crippen MR) is 89.4 cm³/mol. The summed E-state index contributed by atoms with van der Waals surface area (Å²) in [6, 6.07) is 1.79. The summed E-state index contributed by atoms with van der Waals surface area (Å²) in [7, 11) is -1.64. The molecule has 1 aliphatic rings. The highest BCUT2D eigenvalue weighted by atomic mass is 32.2. The molecule has 1 fully saturated rings. The maximum absolute atomic E-state index is 12.6. The molecule has 1 aromatic heterocycles. The van der Waals surface area contributed by atoms with Crippen LogP contribution in [0.1, 0.15) is 39.5 Å². The van der Waals surface area contributed by atoms with Crippen molar-refractivity contribution in [3.8, 4) is 0 Å². The van der Waals surface area contributed by atoms with Crippen molar-refractivity contribution >= 4 is 15.9 Å². The third-order valence-corrected chi connectivity index (χ3v) is 6.26. The number of carbonyl (C=O) groups excluding carboxylic acids is 1. The Hall–Kier alpha value is -1.34. The Labute approximate surface area is 138 Å². The maximum Gasteiger partial charge on any atom is 0.244 e. The monoisotopic (exact) mass is 341 g/mol. The van der Waals surface area contributed by atoms with E-state index in [0.29, 0.717) is 30.8 Å². The molecule has 1 aromatic rings. The van der Waals surface area contributed by atoms with Crippen molar-refractivity contribution in [1.29, 1.82) is 0 Å². The fraction of sp³-hybridized carbons (Fsp3) is 0.688. The largest absolute Gasteiger partial charge is 0.356 e. The molecule has 0 aliphatic carbocycles. The predicted octanol–water partition coefficient (Wildman–Crippen LogP) is 1.73. The van der Waals surface area contributed by atoms with E-state index in [-0.39, 0.29) is 17.9 Å². The highest BCUT2D eigenvalue weighted by Crippen LogP contribution is 2.24. The lowest BCUT2D eigenvalue weighted by Gasteiger charge is -2.30. The maximum atomic E-state index is 12.6. The molecular formula is C16H27N3O3S. The van der Waals surface area contributed by atoms with Gasteiger partial charge in [-0.25, -0.2) is 8.42 Å². The summed E-state index contributed by atoms with van der Waals surface area (Å²) >= 11 is 0. The summed E-state index contributed by atoms with van der Waals surface area (Å²) in [5, 5.41) is 3.03. The zero-order valence-electron chi connectivity index (χ0n) is 14.2. The van der Waals surface area contributed by atoms with Crippen molar-refractivity contribution in [1.82, 2.24) is 14.2 Å². The molecule has 0 bridgehead atoms. The van der Waals surface area contributed by atoms with Gasteiger partial charge in [0.1, 0.15) is 0 Å². The van der Waals surface area contributed by atoms with Crippen LogP contribution in [0, 0.1) is 5.92 Å². The lowest BCUT2D eigenvalue weighted by molar-refractivity contribution is -0.126. The molecule has 1 saturated heterocycles. The molecule has 0 saturated carbocycles. The van der Waals surface area contributed by atoms with E-state index in [1.807, 2.05) is 6.92 Å². The van der Waals surface area contributed by atoms with Crippen molar-refractivity contribution in [3.63, 3.8) is 0 Å². The van der Waals surface area contributed by atoms with Crippen molar-refractivity contribution in [3.05, 3.63) is 18.5 Å². The summed E-state index contributed by atoms with van der Waals surface area (Å²) in [6.45, 7) is 4.90. The molecule has 0 aromatic carbocycles. The highest BCUT2D eigenvalue weighted by Gasteiger charge is 2.32. The Balaban J connectivity index is 1.92. The van der Waals surface area contributed by atoms with Crippen LogP contribution in [0.3, 0.4) is 0 Å². The van der Waals surface area contributed by atoms with E-state index in [1.165, 1.54) is 4.31 Å². The van der Waals surface area contributed by atoms with Gasteiger partial charge in [-0.05, 0) is 32.3 Å². The Morgan fingerprint density at radius 3 is 2.57 bits per heavy atom. The summed E-state index contributed by atoms with van der Waals surface area (Å²) in [4.78, 5) is 12.5. The van der Waals surface area contributed by atoms with Gasteiger partial charge < -0.3 is 9.88 Å². The fourth-order valence-corrected chi connectivity index (χ4v) is 4.53. The number of aryl methyl sites for hydroxylation is 1. The number of amides is 1. The molecule has 6 nitrogen and oxygen atoms in total. The molecule has 1 amide bonds. The molecule has 7 heteroatoms. The van der Waals surface area contributed by atoms with Gasteiger partial charge in [-0.15, -0.1) is 0 Å². The second-order valence-corrected chi connectivity index (χ2v) is 8.33. The molecule has 2 rings (SSSR count). The second kappa shape index (κ2) is 7.49. The first kappa shape index (κ1) is 18.0. The average Bonchev–Trinajstić information content (AvgIpc) is 2.95. The zero-order valence-corrected chi connectivity index (χ0v) is 15.0. The van der Waals surface area contributed by atoms with Crippen LogP contribution in [-0.2, 0) is 21.9 Å². The molecule has 1 N–H and O–H groups in total. The van der Waals surface area contributed by atoms with Crippen LogP contribution < -0.4 is 5.32 Å². The molecule has 1 atom stereocenters. The number of rotatable bonds is 6. The summed E-state index contributed by atoms with van der Waals surface area (Å²) < 4.78 is 28.3. The summed E-state index contributed by atoms with van der Waals surface area (Å²) in [5.41, 5.74) is 0. The molecule has 0 unspecified atom stereocenters. The van der Waals surface area contributed by atoms with Crippen molar-refractivity contribution in [2.75, 3.05) is 13.1 Å². The Kier molecular flexibility index (Phi) is 5.86. The minimum atomic E-state index is -3.44. The molecule has 0 radical (unpaired) electrons. The lowest BCUT2D eigenvalue weighted by atomic mass is 9.96. The smallest absolute Gasteiger partial charge is 0.244 e. The molecule has 2 heterocycles. The molecular weight excluding hydrogens is 314 g/mol. The van der Waals surface area contributed by atoms with E-state index < -0.39 is 10.0 Å². The molecule has 23 heavy (non-hydrogen) atoms. The van der Waals surface area contributed by atoms with Gasteiger partial charge in [0, 0.05) is 44.5 Å². The number of carbonyl (C=O) groups is 1. The van der Waals surface area contributed by atoms with Gasteiger partial charge >= 0.3 is 0 Å². The third-order valence-electron chi connectivity index (χ3n) is 4.38. The van der Waals surface area contributed by atoms with E-state index in [1.54, 1.807) is 30.1 Å². The number of hydrogen-bond acceptors (Lipinski definition) is 3. The molecule has 1 aliphatic heterocycles. The number of nitrogens with zero attached hydrogens (tertiary/aromatic N) is 2. The average molecular weight is 341 g/mol. The van der Waals surface area contributed by atoms with Crippen molar-refractivity contribution in [2.24, 2.45) is 13.0 Å². The zero-order chi connectivity index (χ0) is 17.0. The number of piperidine rings is 1. The van der Waals surface area contributed by atoms with Gasteiger partial charge in [-0.1, -0.05) is 13.3 Å². The highest BCUT2D eigenvalue weighted by molar-refractivity contribution is 7.89. The quantitative estimate of drug-likeness (QED) is 0.856. The van der Waals surface area contributed by atoms with Crippen LogP contribution in [0.4, 0.5) is 0 Å². The van der Waals surface area contributed by atoms with Crippen LogP contribution in [-0.4, -0.2) is 42.3 Å². The topological polar surface area (TPSA) is 71.4 Å². The number of aromatic nitrogens is 1. The molecule has 0 spiro atoms. The fourth-order valence-electron chi connectivity index (χ4n) is 3.00. The van der Waals surface area contributed by atoms with E-state index in [9.17, 15) is 13.2 Å². The first-order valence-electron chi connectivity index (χ1n) is 8.27. The van der Waals surface area contributed by atoms with E-state index in [4.69, 9.17) is 0 Å². The van der Waals surface area contributed by atoms with Crippen LogP contribution in [0.5, 0.6) is 0 Å². The van der Waals surface area contributed by atoms with Gasteiger partial charge in [-0.2, -0.15) is 4.31 Å². The SMILES string of the molecule is CCC[C@@H](C)NC(=O)C1CCN(S(=O)(=O)c2ccn(C)c2)CC1. The van der Waals surface area contributed by atoms with Gasteiger partial charge in [-0.3, -0.25) is 4.79 Å². The Morgan fingerprint density at radius 1 is 1.39 bits per heavy atom. The van der Waals surface area contributed by atoms with Crippen LogP contribution in [0.2, 0.25) is 0 Å². The standard InChI is InChI=1S/C16H27N3O3S/c1-4-5-13(2)17-16(20)14-6-10-19(11-7-14)23(21,22)15-8-9-18(3)12-15/h8-9,12-14H,4-7,10-11H2,1-3H3,(H,17,20)/t13-/m1/s1. The second-order valence-electron chi connectivity index (χ2n) is 6.39. The minimum Gasteiger partial charge on any atom is -0.356 e. The van der Waals surface area contributed by atoms with Crippen LogP contribution in [0.15, 0.2) is 23.4 Å². The van der Waals surface area contributed by atoms with Gasteiger partial charge in [0.25, 0.3) is 0 Å². The van der Waals surface area contributed by atoms with Gasteiger partial charge in [0.05, 0.1) is 4.90 Å². The van der Waals surface area contributed by atoms with Crippen molar-refractivity contribution < 1.29 is 13.2 Å². The lowest BCUT2D eigenvalue weighted by Crippen LogP contribution is -2.44. The number of sulfonamides is 1. The van der Waals surface area contributed by atoms with E-state index in [0.717, 1.165) is 12.8 Å². The van der Waals surface area contributed by atoms with Gasteiger partial charge in [0.15, 0.2) is 0 Å². The third kappa shape index (κ3) is 4.35. The van der Waals surface area contributed by atoms with Crippen LogP contribution >= 0.6 is 0 Å². The van der Waals surface area contributed by atoms with Crippen LogP contribution in [0.25, 0.3) is 0 Å². The Bertz CT molecular complexity index is 631.